The molecule has 0 saturated heterocycles. The molecule has 0 aromatic rings. The van der Waals surface area contributed by atoms with Crippen molar-refractivity contribution in [3.63, 3.8) is 0 Å². The summed E-state index contributed by atoms with van der Waals surface area (Å²) in [5.41, 5.74) is 0. The molecule has 0 saturated carbocycles. The minimum Gasteiger partial charge on any atom is -0.476 e. The Labute approximate surface area is 73.5 Å². The molecule has 0 amide bonds. The number of hydrogen-bond acceptors (Lipinski definition) is 3. The topological polar surface area (TPSA) is 57.6 Å². The van der Waals surface area contributed by atoms with Crippen molar-refractivity contribution >= 4 is 8.07 Å². The third kappa shape index (κ3) is 2.92. The van der Waals surface area contributed by atoms with Crippen LogP contribution in [0.5, 0.6) is 0 Å². The number of ether oxygens (including phenoxy) is 1. The first-order chi connectivity index (χ1) is 5.43. The van der Waals surface area contributed by atoms with Crippen LogP contribution in [0.25, 0.3) is 4.98 Å². The second kappa shape index (κ2) is 4.12. The van der Waals surface area contributed by atoms with Crippen molar-refractivity contribution in [2.24, 2.45) is 0 Å². The molecule has 1 N–H and O–H groups in total. The molecule has 5 heteroatoms. The molecule has 0 aromatic heterocycles. The highest BCUT2D eigenvalue weighted by atomic mass is 28.3. The molecule has 0 aromatic carbocycles. The van der Waals surface area contributed by atoms with Gasteiger partial charge >= 0.3 is 11.3 Å². The average Bonchev–Trinajstić information content (AvgIpc) is 1.85. The minimum absolute atomic E-state index is 0.251. The molecule has 0 atom stereocenters. The van der Waals surface area contributed by atoms with Gasteiger partial charge in [0.15, 0.2) is 4.98 Å². The van der Waals surface area contributed by atoms with Crippen LogP contribution in [0, 0.1) is 5.39 Å². The van der Waals surface area contributed by atoms with Crippen LogP contribution in [-0.2, 0) is 4.74 Å². The predicted molar refractivity (Wildman–Crippen MR) is 49.7 cm³/mol. The third-order valence-electron chi connectivity index (χ3n) is 1.29. The van der Waals surface area contributed by atoms with Crippen LogP contribution >= 0.6 is 0 Å². The highest BCUT2D eigenvalue weighted by molar-refractivity contribution is 6.83. The van der Waals surface area contributed by atoms with E-state index in [9.17, 15) is 5.11 Å². The molecule has 0 fully saturated rings. The van der Waals surface area contributed by atoms with Gasteiger partial charge in [0.05, 0.1) is 6.61 Å². The number of hydrogen-bond donors (Lipinski definition) is 1. The summed E-state index contributed by atoms with van der Waals surface area (Å²) in [6.45, 7) is 8.00. The lowest BCUT2D eigenvalue weighted by Gasteiger charge is -2.05. The molecule has 0 aliphatic heterocycles. The molecule has 4 nitrogen and oxygen atoms in total. The van der Waals surface area contributed by atoms with Crippen molar-refractivity contribution < 1.29 is 9.84 Å². The van der Waals surface area contributed by atoms with Crippen molar-refractivity contribution in [1.82, 2.24) is 0 Å². The fraction of sp³-hybridized carbons (Fsp3) is 0.714. The van der Waals surface area contributed by atoms with Crippen LogP contribution in [0.4, 0.5) is 0 Å². The van der Waals surface area contributed by atoms with Crippen molar-refractivity contribution in [2.75, 3.05) is 6.61 Å². The van der Waals surface area contributed by atoms with E-state index in [2.05, 4.69) is 4.98 Å². The van der Waals surface area contributed by atoms with Crippen LogP contribution in [0.2, 0.25) is 19.6 Å². The van der Waals surface area contributed by atoms with Gasteiger partial charge in [0.2, 0.25) is 13.5 Å². The van der Waals surface area contributed by atoms with E-state index in [0.717, 1.165) is 0 Å². The molecular formula is C7H15N2O2Si+. The molecule has 0 radical (unpaired) electrons. The standard InChI is InChI=1S/C7H14N2O2Si/c1-5-11-7(10)6(9-8)12(2,3)4/h5H2,1-4H3/p+1/b7-6+. The monoisotopic (exact) mass is 187 g/mol. The van der Waals surface area contributed by atoms with Crippen molar-refractivity contribution in [2.45, 2.75) is 26.6 Å². The molecule has 12 heavy (non-hydrogen) atoms. The van der Waals surface area contributed by atoms with Crippen LogP contribution in [0.3, 0.4) is 0 Å². The van der Waals surface area contributed by atoms with Gasteiger partial charge in [0.25, 0.3) is 0 Å². The average molecular weight is 187 g/mol. The van der Waals surface area contributed by atoms with Gasteiger partial charge in [-0.05, 0) is 6.92 Å². The first-order valence-electron chi connectivity index (χ1n) is 3.85. The number of rotatable bonds is 3. The summed E-state index contributed by atoms with van der Waals surface area (Å²) in [4.78, 5) is 3.04. The highest BCUT2D eigenvalue weighted by Gasteiger charge is 2.38. The number of aliphatic hydroxyl groups excluding tert-OH is 1. The molecule has 0 spiro atoms. The Morgan fingerprint density at radius 2 is 2.00 bits per heavy atom. The zero-order valence-corrected chi connectivity index (χ0v) is 8.96. The molecule has 0 aliphatic rings. The Bertz CT molecular complexity index is 225. The second-order valence-corrected chi connectivity index (χ2v) is 8.41. The maximum Gasteiger partial charge on any atom is 0.403 e. The molecule has 0 bridgehead atoms. The lowest BCUT2D eigenvalue weighted by Crippen LogP contribution is -2.24. The largest absolute Gasteiger partial charge is 0.476 e. The van der Waals surface area contributed by atoms with Crippen LogP contribution in [-0.4, -0.2) is 19.8 Å². The van der Waals surface area contributed by atoms with Crippen LogP contribution in [0.1, 0.15) is 6.92 Å². The summed E-state index contributed by atoms with van der Waals surface area (Å²) in [6, 6.07) is 0. The van der Waals surface area contributed by atoms with Gasteiger partial charge in [-0.1, -0.05) is 19.6 Å². The van der Waals surface area contributed by atoms with Gasteiger partial charge in [-0.3, -0.25) is 0 Å². The van der Waals surface area contributed by atoms with Crippen molar-refractivity contribution in [3.05, 3.63) is 16.2 Å². The summed E-state index contributed by atoms with van der Waals surface area (Å²) >= 11 is 0. The Balaban J connectivity index is 4.78. The molecular weight excluding hydrogens is 172 g/mol. The van der Waals surface area contributed by atoms with Gasteiger partial charge in [-0.25, -0.2) is 0 Å². The summed E-state index contributed by atoms with van der Waals surface area (Å²) in [5.74, 6) is -0.251. The van der Waals surface area contributed by atoms with E-state index >= 15 is 0 Å². The summed E-state index contributed by atoms with van der Waals surface area (Å²) in [7, 11) is -1.80. The Morgan fingerprint density at radius 3 is 2.25 bits per heavy atom. The maximum atomic E-state index is 9.28. The van der Waals surface area contributed by atoms with Gasteiger partial charge in [-0.15, -0.1) is 0 Å². The predicted octanol–water partition coefficient (Wildman–Crippen LogP) is 2.48. The molecule has 0 heterocycles. The lowest BCUT2D eigenvalue weighted by molar-refractivity contribution is 0.101. The van der Waals surface area contributed by atoms with E-state index in [0.29, 0.717) is 11.9 Å². The van der Waals surface area contributed by atoms with E-state index in [1.807, 2.05) is 19.6 Å². The highest BCUT2D eigenvalue weighted by Crippen LogP contribution is 2.19. The van der Waals surface area contributed by atoms with E-state index in [1.54, 1.807) is 6.92 Å². The summed E-state index contributed by atoms with van der Waals surface area (Å²) in [5, 5.41) is 18.2. The number of nitrogens with zero attached hydrogens (tertiary/aromatic N) is 2. The molecule has 0 unspecified atom stereocenters. The Morgan fingerprint density at radius 1 is 1.50 bits per heavy atom. The number of diazo groups is 1. The van der Waals surface area contributed by atoms with Gasteiger partial charge in [0, 0.05) is 0 Å². The van der Waals surface area contributed by atoms with E-state index in [4.69, 9.17) is 10.1 Å². The van der Waals surface area contributed by atoms with E-state index in [-0.39, 0.29) is 5.95 Å². The third-order valence-corrected chi connectivity index (χ3v) is 3.03. The van der Waals surface area contributed by atoms with Crippen LogP contribution in [0.15, 0.2) is 11.3 Å². The lowest BCUT2D eigenvalue weighted by atomic mass is 10.8. The summed E-state index contributed by atoms with van der Waals surface area (Å²) < 4.78 is 4.84. The smallest absolute Gasteiger partial charge is 0.403 e. The summed E-state index contributed by atoms with van der Waals surface area (Å²) in [6.07, 6.45) is 0. The van der Waals surface area contributed by atoms with E-state index in [1.165, 1.54) is 0 Å². The molecule has 0 aliphatic carbocycles. The van der Waals surface area contributed by atoms with Gasteiger partial charge in [0.1, 0.15) is 0 Å². The second-order valence-electron chi connectivity index (χ2n) is 3.44. The SMILES string of the molecule is CCO/C(O)=C(\[N+]#N)[Si](C)(C)C. The quantitative estimate of drug-likeness (QED) is 0.419. The van der Waals surface area contributed by atoms with Crippen molar-refractivity contribution in [1.29, 1.82) is 5.39 Å². The fourth-order valence-electron chi connectivity index (χ4n) is 0.719. The van der Waals surface area contributed by atoms with E-state index < -0.39 is 8.07 Å². The normalized spacial score (nSPS) is 13.2. The minimum atomic E-state index is -1.80. The molecule has 68 valence electrons. The first kappa shape index (κ1) is 11.0. The zero-order chi connectivity index (χ0) is 9.78. The maximum absolute atomic E-state index is 9.28. The van der Waals surface area contributed by atoms with Crippen molar-refractivity contribution in [3.8, 4) is 0 Å². The Hall–Kier alpha value is -1.02. The van der Waals surface area contributed by atoms with Crippen LogP contribution < -0.4 is 0 Å². The number of aliphatic hydroxyl groups is 1. The van der Waals surface area contributed by atoms with Gasteiger partial charge < -0.3 is 9.84 Å². The Kier molecular flexibility index (Phi) is 3.76. The van der Waals surface area contributed by atoms with Gasteiger partial charge in [-0.2, -0.15) is 0 Å². The fourth-order valence-corrected chi connectivity index (χ4v) is 1.73. The first-order valence-corrected chi connectivity index (χ1v) is 7.35. The zero-order valence-electron chi connectivity index (χ0n) is 7.96. The molecule has 0 rings (SSSR count).